The summed E-state index contributed by atoms with van der Waals surface area (Å²) >= 11 is 0. The summed E-state index contributed by atoms with van der Waals surface area (Å²) in [6.45, 7) is 3.76. The molecule has 1 aromatic rings. The third-order valence-electron chi connectivity index (χ3n) is 4.10. The van der Waals surface area contributed by atoms with Gasteiger partial charge < -0.3 is 15.3 Å². The summed E-state index contributed by atoms with van der Waals surface area (Å²) in [4.78, 5) is 15.2. The summed E-state index contributed by atoms with van der Waals surface area (Å²) in [5, 5.41) is 10.9. The van der Waals surface area contributed by atoms with E-state index in [0.717, 1.165) is 26.1 Å². The van der Waals surface area contributed by atoms with Crippen LogP contribution in [0.15, 0.2) is 24.3 Å². The first-order valence-corrected chi connectivity index (χ1v) is 7.48. The molecule has 0 aromatic heterocycles. The number of hydrogen-bond acceptors (Lipinski definition) is 3. The first-order chi connectivity index (χ1) is 10.0. The zero-order valence-corrected chi connectivity index (χ0v) is 12.9. The molecule has 0 bridgehead atoms. The molecule has 0 aliphatic carbocycles. The van der Waals surface area contributed by atoms with Gasteiger partial charge in [-0.1, -0.05) is 24.3 Å². The molecule has 21 heavy (non-hydrogen) atoms. The van der Waals surface area contributed by atoms with Gasteiger partial charge in [0.15, 0.2) is 0 Å². The topological polar surface area (TPSA) is 55.8 Å². The van der Waals surface area contributed by atoms with Crippen LogP contribution in [-0.2, 0) is 13.0 Å². The lowest BCUT2D eigenvalue weighted by Crippen LogP contribution is -2.31. The minimum Gasteiger partial charge on any atom is -0.465 e. The Morgan fingerprint density at radius 2 is 2.00 bits per heavy atom. The van der Waals surface area contributed by atoms with Crippen molar-refractivity contribution in [2.45, 2.75) is 25.4 Å². The summed E-state index contributed by atoms with van der Waals surface area (Å²) in [6.07, 6.45) is 1.02. The van der Waals surface area contributed by atoms with E-state index in [2.05, 4.69) is 53.5 Å². The Labute approximate surface area is 126 Å². The Bertz CT molecular complexity index is 459. The molecular weight excluding hydrogens is 266 g/mol. The summed E-state index contributed by atoms with van der Waals surface area (Å²) < 4.78 is 0. The lowest BCUT2D eigenvalue weighted by atomic mass is 10.1. The maximum Gasteiger partial charge on any atom is 0.404 e. The van der Waals surface area contributed by atoms with Gasteiger partial charge in [0.05, 0.1) is 0 Å². The molecule has 2 N–H and O–H groups in total. The number of benzene rings is 1. The maximum absolute atomic E-state index is 10.4. The van der Waals surface area contributed by atoms with Crippen molar-refractivity contribution in [3.05, 3.63) is 35.4 Å². The highest BCUT2D eigenvalue weighted by atomic mass is 16.4. The molecule has 1 aliphatic heterocycles. The highest BCUT2D eigenvalue weighted by Crippen LogP contribution is 2.16. The highest BCUT2D eigenvalue weighted by molar-refractivity contribution is 5.64. The van der Waals surface area contributed by atoms with E-state index >= 15 is 0 Å². The fourth-order valence-corrected chi connectivity index (χ4v) is 2.76. The molecule has 5 heteroatoms. The zero-order chi connectivity index (χ0) is 15.2. The van der Waals surface area contributed by atoms with Crippen molar-refractivity contribution < 1.29 is 9.90 Å². The number of hydrogen-bond donors (Lipinski definition) is 2. The van der Waals surface area contributed by atoms with Crippen LogP contribution in [0, 0.1) is 0 Å². The molecule has 1 heterocycles. The number of amides is 1. The van der Waals surface area contributed by atoms with E-state index in [1.54, 1.807) is 0 Å². The molecule has 5 nitrogen and oxygen atoms in total. The number of carboxylic acid groups (broad SMARTS) is 1. The Kier molecular flexibility index (Phi) is 5.59. The van der Waals surface area contributed by atoms with Gasteiger partial charge in [-0.25, -0.2) is 4.79 Å². The van der Waals surface area contributed by atoms with Crippen LogP contribution >= 0.6 is 0 Å². The standard InChI is InChI=1S/C16H25N3O2/c1-18(2)15-8-10-19(12-15)11-14-5-3-13(4-6-14)7-9-17-16(20)21/h3-6,15,17H,7-12H2,1-2H3,(H,20,21)/t15-/m0/s1. The first kappa shape index (κ1) is 15.8. The van der Waals surface area contributed by atoms with E-state index < -0.39 is 6.09 Å². The van der Waals surface area contributed by atoms with E-state index in [-0.39, 0.29) is 0 Å². The summed E-state index contributed by atoms with van der Waals surface area (Å²) in [5.41, 5.74) is 2.49. The van der Waals surface area contributed by atoms with Gasteiger partial charge in [-0.3, -0.25) is 4.90 Å². The van der Waals surface area contributed by atoms with Crippen LogP contribution in [0.25, 0.3) is 0 Å². The zero-order valence-electron chi connectivity index (χ0n) is 12.9. The molecule has 1 fully saturated rings. The lowest BCUT2D eigenvalue weighted by Gasteiger charge is -2.20. The van der Waals surface area contributed by atoms with Crippen LogP contribution in [0.2, 0.25) is 0 Å². The predicted octanol–water partition coefficient (Wildman–Crippen LogP) is 1.63. The predicted molar refractivity (Wildman–Crippen MR) is 83.5 cm³/mol. The van der Waals surface area contributed by atoms with E-state index in [1.165, 1.54) is 17.5 Å². The van der Waals surface area contributed by atoms with E-state index in [0.29, 0.717) is 12.6 Å². The number of likely N-dealkylation sites (tertiary alicyclic amines) is 1. The van der Waals surface area contributed by atoms with Gasteiger partial charge in [0, 0.05) is 32.2 Å². The molecule has 0 saturated carbocycles. The Morgan fingerprint density at radius 3 is 2.57 bits per heavy atom. The second-order valence-corrected chi connectivity index (χ2v) is 5.94. The Morgan fingerprint density at radius 1 is 1.33 bits per heavy atom. The molecule has 0 spiro atoms. The molecule has 2 rings (SSSR count). The highest BCUT2D eigenvalue weighted by Gasteiger charge is 2.23. The van der Waals surface area contributed by atoms with Crippen LogP contribution in [-0.4, -0.2) is 60.8 Å². The van der Waals surface area contributed by atoms with Gasteiger partial charge in [-0.2, -0.15) is 0 Å². The molecule has 0 unspecified atom stereocenters. The van der Waals surface area contributed by atoms with E-state index in [1.807, 2.05) is 0 Å². The number of rotatable bonds is 6. The first-order valence-electron chi connectivity index (χ1n) is 7.48. The molecule has 1 aliphatic rings. The van der Waals surface area contributed by atoms with E-state index in [4.69, 9.17) is 5.11 Å². The molecule has 1 aromatic carbocycles. The fourth-order valence-electron chi connectivity index (χ4n) is 2.76. The third kappa shape index (κ3) is 5.02. The fraction of sp³-hybridized carbons (Fsp3) is 0.562. The maximum atomic E-state index is 10.4. The Hall–Kier alpha value is -1.59. The van der Waals surface area contributed by atoms with Crippen LogP contribution in [0.3, 0.4) is 0 Å². The number of carbonyl (C=O) groups is 1. The molecule has 116 valence electrons. The summed E-state index contributed by atoms with van der Waals surface area (Å²) in [6, 6.07) is 9.17. The van der Waals surface area contributed by atoms with Crippen molar-refractivity contribution in [2.75, 3.05) is 33.7 Å². The van der Waals surface area contributed by atoms with Crippen LogP contribution < -0.4 is 5.32 Å². The molecule has 1 atom stereocenters. The normalized spacial score (nSPS) is 19.1. The van der Waals surface area contributed by atoms with Gasteiger partial charge in [0.25, 0.3) is 0 Å². The minimum absolute atomic E-state index is 0.464. The third-order valence-corrected chi connectivity index (χ3v) is 4.10. The molecule has 1 saturated heterocycles. The van der Waals surface area contributed by atoms with E-state index in [9.17, 15) is 4.79 Å². The van der Waals surface area contributed by atoms with Crippen molar-refractivity contribution in [3.63, 3.8) is 0 Å². The summed E-state index contributed by atoms with van der Waals surface area (Å²) in [7, 11) is 4.29. The quantitative estimate of drug-likeness (QED) is 0.836. The molecule has 0 radical (unpaired) electrons. The van der Waals surface area contributed by atoms with Crippen LogP contribution in [0.5, 0.6) is 0 Å². The van der Waals surface area contributed by atoms with Gasteiger partial charge in [-0.05, 0) is 38.1 Å². The number of nitrogens with zero attached hydrogens (tertiary/aromatic N) is 2. The average molecular weight is 291 g/mol. The van der Waals surface area contributed by atoms with Crippen molar-refractivity contribution in [1.82, 2.24) is 15.1 Å². The monoisotopic (exact) mass is 291 g/mol. The number of likely N-dealkylation sites (N-methyl/N-ethyl adjacent to an activating group) is 1. The minimum atomic E-state index is -0.962. The second kappa shape index (κ2) is 7.43. The number of nitrogens with one attached hydrogen (secondary N) is 1. The lowest BCUT2D eigenvalue weighted by molar-refractivity contribution is 0.194. The van der Waals surface area contributed by atoms with Crippen molar-refractivity contribution in [3.8, 4) is 0 Å². The van der Waals surface area contributed by atoms with Crippen molar-refractivity contribution in [1.29, 1.82) is 0 Å². The van der Waals surface area contributed by atoms with Crippen LogP contribution in [0.1, 0.15) is 17.5 Å². The summed E-state index contributed by atoms with van der Waals surface area (Å²) in [5.74, 6) is 0. The second-order valence-electron chi connectivity index (χ2n) is 5.94. The SMILES string of the molecule is CN(C)[C@H]1CCN(Cc2ccc(CCNC(=O)O)cc2)C1. The van der Waals surface area contributed by atoms with Gasteiger partial charge in [0.1, 0.15) is 0 Å². The largest absolute Gasteiger partial charge is 0.465 e. The molecule has 1 amide bonds. The van der Waals surface area contributed by atoms with Crippen molar-refractivity contribution >= 4 is 6.09 Å². The van der Waals surface area contributed by atoms with Gasteiger partial charge >= 0.3 is 6.09 Å². The van der Waals surface area contributed by atoms with Crippen molar-refractivity contribution in [2.24, 2.45) is 0 Å². The van der Waals surface area contributed by atoms with Gasteiger partial charge in [0.2, 0.25) is 0 Å². The average Bonchev–Trinajstić information content (AvgIpc) is 2.89. The smallest absolute Gasteiger partial charge is 0.404 e. The van der Waals surface area contributed by atoms with Crippen LogP contribution in [0.4, 0.5) is 4.79 Å². The molecular formula is C16H25N3O2. The van der Waals surface area contributed by atoms with Gasteiger partial charge in [-0.15, -0.1) is 0 Å². The Balaban J connectivity index is 1.79.